The number of fused-ring (bicyclic) bond motifs is 8. The van der Waals surface area contributed by atoms with E-state index in [0.717, 1.165) is 44.0 Å². The number of nitrogens with two attached hydrogens (primary N) is 1. The molecule has 2 saturated heterocycles. The SMILES string of the molecule is Cl.NC1CC1(F)F.O=C(CC1CC1(F)F)c1ccc2c(n1)N(C(=O)Nc1ccc(F)cn1)[C@H]1CCN2C1.O=C(O)c1ccc2c(n1)N(C(=O)Nc1ccc(F)cn1)[C@H]1CCN2C1. The third-order valence-electron chi connectivity index (χ3n) is 11.0. The molecule has 0 spiro atoms. The number of nitrogens with zero attached hydrogens (tertiary/aromatic N) is 8. The summed E-state index contributed by atoms with van der Waals surface area (Å²) in [5.41, 5.74) is 6.12. The summed E-state index contributed by atoms with van der Waals surface area (Å²) in [4.78, 5) is 72.8. The second-order valence-corrected chi connectivity index (χ2v) is 15.3. The largest absolute Gasteiger partial charge is 0.477 e. The number of ketones is 1. The van der Waals surface area contributed by atoms with Crippen LogP contribution in [0.4, 0.5) is 70.6 Å². The van der Waals surface area contributed by atoms with Crippen molar-refractivity contribution in [1.29, 1.82) is 0 Å². The molecule has 8 heterocycles. The number of anilines is 6. The number of pyridine rings is 4. The monoisotopic (exact) mass is 889 g/mol. The number of rotatable bonds is 6. The number of hydrogen-bond acceptors (Lipinski definition) is 11. The summed E-state index contributed by atoms with van der Waals surface area (Å²) < 4.78 is 75.2. The van der Waals surface area contributed by atoms with Crippen LogP contribution < -0.4 is 36.0 Å². The molecule has 0 aromatic carbocycles. The van der Waals surface area contributed by atoms with E-state index >= 15 is 0 Å². The average Bonchev–Trinajstić information content (AvgIpc) is 3.77. The summed E-state index contributed by atoms with van der Waals surface area (Å²) in [5, 5.41) is 14.4. The molecule has 4 aromatic rings. The number of urea groups is 2. The van der Waals surface area contributed by atoms with Crippen molar-refractivity contribution in [1.82, 2.24) is 19.9 Å². The van der Waals surface area contributed by atoms with Crippen LogP contribution in [0.1, 0.15) is 53.1 Å². The molecule has 0 radical (unpaired) electrons. The van der Waals surface area contributed by atoms with Gasteiger partial charge in [0, 0.05) is 51.4 Å². The molecule has 4 fully saturated rings. The quantitative estimate of drug-likeness (QED) is 0.126. The van der Waals surface area contributed by atoms with Crippen LogP contribution in [0.15, 0.2) is 60.9 Å². The number of Topliss-reactive ketones (excluding diaryl/α,β-unsaturated/α-hetero) is 1. The number of nitrogens with one attached hydrogen (secondary N) is 2. The van der Waals surface area contributed by atoms with Crippen molar-refractivity contribution < 1.29 is 50.6 Å². The minimum absolute atomic E-state index is 0. The molecule has 16 nitrogen and oxygen atoms in total. The van der Waals surface area contributed by atoms with Gasteiger partial charge in [-0.2, -0.15) is 0 Å². The second-order valence-electron chi connectivity index (χ2n) is 15.3. The second kappa shape index (κ2) is 16.9. The van der Waals surface area contributed by atoms with Crippen molar-refractivity contribution in [3.8, 4) is 0 Å². The summed E-state index contributed by atoms with van der Waals surface area (Å²) in [6, 6.07) is 9.37. The van der Waals surface area contributed by atoms with E-state index in [2.05, 4.69) is 40.4 Å². The van der Waals surface area contributed by atoms with Crippen molar-refractivity contribution in [2.75, 3.05) is 56.4 Å². The predicted octanol–water partition coefficient (Wildman–Crippen LogP) is 6.19. The zero-order valence-electron chi connectivity index (χ0n) is 32.4. The average molecular weight is 890 g/mol. The molecule has 328 valence electrons. The lowest BCUT2D eigenvalue weighted by atomic mass is 10.1. The van der Waals surface area contributed by atoms with E-state index in [1.165, 1.54) is 46.2 Å². The lowest BCUT2D eigenvalue weighted by molar-refractivity contribution is 0.0690. The van der Waals surface area contributed by atoms with Crippen molar-refractivity contribution in [2.24, 2.45) is 11.7 Å². The van der Waals surface area contributed by atoms with Gasteiger partial charge in [0.15, 0.2) is 23.1 Å². The zero-order chi connectivity index (χ0) is 43.4. The number of hydrogen-bond donors (Lipinski definition) is 4. The Bertz CT molecular complexity index is 2380. The Balaban J connectivity index is 0.000000164. The van der Waals surface area contributed by atoms with Gasteiger partial charge in [-0.15, -0.1) is 12.4 Å². The summed E-state index contributed by atoms with van der Waals surface area (Å²) in [5.74, 6) is -7.84. The fraction of sp³-hybridized carbons (Fsp3) is 0.385. The molecule has 2 saturated carbocycles. The van der Waals surface area contributed by atoms with E-state index in [0.29, 0.717) is 30.4 Å². The molecule has 2 unspecified atom stereocenters. The number of aromatic nitrogens is 4. The van der Waals surface area contributed by atoms with Crippen molar-refractivity contribution in [3.63, 3.8) is 0 Å². The number of carbonyl (C=O) groups excluding carboxylic acids is 3. The standard InChI is InChI=1S/C20H18F3N5O2.C16H14FN5O3.C3H5F2N.ClH/c21-12-1-4-17(24-9-12)26-19(30)28-13-5-6-27(10-13)15-3-2-14(25-18(15)28)16(29)7-11-8-20(11,22)23;17-9-1-4-13(18-7-9)20-16(25)22-10-5-6-21(8-10)12-3-2-11(15(23)24)19-14(12)22;4-3(5)1-2(3)6;/h1-4,9,11,13H,5-8,10H2,(H,24,26,30);1-4,7,10H,5-6,8H2,(H,23,24)(H,18,20,25);2H,1,6H2;1H/t11?,13-;10-;;/m00../s1. The summed E-state index contributed by atoms with van der Waals surface area (Å²) >= 11 is 0. The third-order valence-corrected chi connectivity index (χ3v) is 11.0. The maximum atomic E-state index is 13.2. The van der Waals surface area contributed by atoms with Crippen molar-refractivity contribution in [2.45, 2.75) is 62.1 Å². The Morgan fingerprint density at radius 1 is 0.710 bits per heavy atom. The Hall–Kier alpha value is -6.29. The van der Waals surface area contributed by atoms with E-state index in [1.54, 1.807) is 12.1 Å². The highest BCUT2D eigenvalue weighted by molar-refractivity contribution is 6.06. The minimum atomic E-state index is -2.78. The molecule has 4 aliphatic heterocycles. The molecular weight excluding hydrogens is 852 g/mol. The van der Waals surface area contributed by atoms with Gasteiger partial charge in [0.25, 0.3) is 11.8 Å². The summed E-state index contributed by atoms with van der Waals surface area (Å²) in [6.07, 6.45) is 2.82. The first-order valence-electron chi connectivity index (χ1n) is 19.2. The fourth-order valence-electron chi connectivity index (χ4n) is 7.51. The molecule has 5 N–H and O–H groups in total. The molecular formula is C39H38ClF6N11O5. The van der Waals surface area contributed by atoms with Crippen LogP contribution in [-0.2, 0) is 0 Å². The van der Waals surface area contributed by atoms with E-state index < -0.39 is 59.3 Å². The first-order valence-corrected chi connectivity index (χ1v) is 19.2. The molecule has 2 aliphatic carbocycles. The van der Waals surface area contributed by atoms with E-state index in [4.69, 9.17) is 5.73 Å². The fourth-order valence-corrected chi connectivity index (χ4v) is 7.51. The van der Waals surface area contributed by atoms with Gasteiger partial charge in [-0.1, -0.05) is 0 Å². The molecule has 6 aliphatic rings. The third kappa shape index (κ3) is 9.15. The topological polar surface area (TPSA) is 203 Å². The number of aromatic carboxylic acids is 1. The number of carbonyl (C=O) groups is 4. The maximum absolute atomic E-state index is 13.2. The van der Waals surface area contributed by atoms with E-state index in [9.17, 15) is 50.6 Å². The Labute approximate surface area is 354 Å². The molecule has 10 rings (SSSR count). The number of halogens is 7. The van der Waals surface area contributed by atoms with Crippen LogP contribution in [0.5, 0.6) is 0 Å². The summed E-state index contributed by atoms with van der Waals surface area (Å²) in [7, 11) is 0. The molecule has 62 heavy (non-hydrogen) atoms. The van der Waals surface area contributed by atoms with Crippen molar-refractivity contribution in [3.05, 3.63) is 83.9 Å². The Morgan fingerprint density at radius 2 is 1.15 bits per heavy atom. The van der Waals surface area contributed by atoms with Gasteiger partial charge in [-0.05, 0) is 61.4 Å². The number of alkyl halides is 4. The van der Waals surface area contributed by atoms with Crippen LogP contribution in [0.3, 0.4) is 0 Å². The van der Waals surface area contributed by atoms with Gasteiger partial charge < -0.3 is 20.6 Å². The highest BCUT2D eigenvalue weighted by Crippen LogP contribution is 2.51. The smallest absolute Gasteiger partial charge is 0.354 e. The van der Waals surface area contributed by atoms with Crippen LogP contribution in [0.25, 0.3) is 0 Å². The molecule has 4 aromatic heterocycles. The number of carboxylic acids is 1. The van der Waals surface area contributed by atoms with E-state index in [1.807, 2.05) is 0 Å². The van der Waals surface area contributed by atoms with Crippen LogP contribution in [0.2, 0.25) is 0 Å². The highest BCUT2D eigenvalue weighted by Gasteiger charge is 2.57. The number of amides is 4. The Morgan fingerprint density at radius 3 is 1.53 bits per heavy atom. The predicted molar refractivity (Wildman–Crippen MR) is 215 cm³/mol. The molecule has 4 amide bonds. The van der Waals surface area contributed by atoms with Crippen LogP contribution in [0, 0.1) is 17.6 Å². The van der Waals surface area contributed by atoms with E-state index in [-0.39, 0.29) is 66.8 Å². The van der Waals surface area contributed by atoms with Crippen LogP contribution >= 0.6 is 12.4 Å². The van der Waals surface area contributed by atoms with Gasteiger partial charge in [-0.3, -0.25) is 25.2 Å². The molecule has 23 heteroatoms. The molecule has 4 atom stereocenters. The minimum Gasteiger partial charge on any atom is -0.477 e. The first kappa shape index (κ1) is 43.8. The van der Waals surface area contributed by atoms with Gasteiger partial charge in [-0.25, -0.2) is 60.7 Å². The normalized spacial score (nSPS) is 22.3. The van der Waals surface area contributed by atoms with Gasteiger partial charge in [0.05, 0.1) is 41.9 Å². The lowest BCUT2D eigenvalue weighted by Crippen LogP contribution is -2.48. The number of carboxylic acid groups (broad SMARTS) is 1. The highest BCUT2D eigenvalue weighted by atomic mass is 35.5. The lowest BCUT2D eigenvalue weighted by Gasteiger charge is -2.35. The van der Waals surface area contributed by atoms with Gasteiger partial charge in [0.2, 0.25) is 0 Å². The summed E-state index contributed by atoms with van der Waals surface area (Å²) in [6.45, 7) is 2.79. The van der Waals surface area contributed by atoms with Crippen LogP contribution in [-0.4, -0.2) is 105 Å². The van der Waals surface area contributed by atoms with Gasteiger partial charge in [0.1, 0.15) is 29.0 Å². The maximum Gasteiger partial charge on any atom is 0.354 e. The van der Waals surface area contributed by atoms with Gasteiger partial charge >= 0.3 is 18.0 Å². The molecule has 4 bridgehead atoms. The Kier molecular flexibility index (Phi) is 11.9. The zero-order valence-corrected chi connectivity index (χ0v) is 33.2. The van der Waals surface area contributed by atoms with Crippen molar-refractivity contribution >= 4 is 70.9 Å². The first-order chi connectivity index (χ1) is 29.0.